The molecule has 0 radical (unpaired) electrons. The fourth-order valence-corrected chi connectivity index (χ4v) is 3.56. The Morgan fingerprint density at radius 1 is 1.24 bits per heavy atom. The molecule has 4 rings (SSSR count). The van der Waals surface area contributed by atoms with Gasteiger partial charge in [0, 0.05) is 22.8 Å². The minimum absolute atomic E-state index is 0.240. The van der Waals surface area contributed by atoms with Crippen molar-refractivity contribution in [1.29, 1.82) is 0 Å². The number of aryl methyl sites for hydroxylation is 1. The summed E-state index contributed by atoms with van der Waals surface area (Å²) < 4.78 is 18.6. The van der Waals surface area contributed by atoms with E-state index in [9.17, 15) is 9.18 Å². The van der Waals surface area contributed by atoms with Gasteiger partial charge in [0.1, 0.15) is 11.9 Å². The first-order valence-electron chi connectivity index (χ1n) is 9.44. The quantitative estimate of drug-likeness (QED) is 0.605. The van der Waals surface area contributed by atoms with Crippen LogP contribution in [0.5, 0.6) is 0 Å². The Morgan fingerprint density at radius 2 is 2.03 bits per heavy atom. The Bertz CT molecular complexity index is 1020. The van der Waals surface area contributed by atoms with Crippen LogP contribution in [0.15, 0.2) is 47.0 Å². The maximum atomic E-state index is 13.1. The van der Waals surface area contributed by atoms with E-state index in [2.05, 4.69) is 15.5 Å². The first kappa shape index (κ1) is 19.4. The summed E-state index contributed by atoms with van der Waals surface area (Å²) in [6, 6.07) is 10.7. The van der Waals surface area contributed by atoms with Gasteiger partial charge in [-0.15, -0.1) is 0 Å². The topological polar surface area (TPSA) is 71.3 Å². The predicted molar refractivity (Wildman–Crippen MR) is 108 cm³/mol. The first-order chi connectivity index (χ1) is 14.0. The van der Waals surface area contributed by atoms with Crippen molar-refractivity contribution >= 4 is 23.3 Å². The van der Waals surface area contributed by atoms with Crippen molar-refractivity contribution < 1.29 is 13.7 Å². The van der Waals surface area contributed by atoms with Crippen molar-refractivity contribution in [1.82, 2.24) is 15.0 Å². The van der Waals surface area contributed by atoms with E-state index in [0.29, 0.717) is 34.5 Å². The van der Waals surface area contributed by atoms with Gasteiger partial charge in [0.05, 0.1) is 0 Å². The first-order valence-corrected chi connectivity index (χ1v) is 9.82. The van der Waals surface area contributed by atoms with Crippen molar-refractivity contribution in [2.24, 2.45) is 0 Å². The van der Waals surface area contributed by atoms with E-state index in [4.69, 9.17) is 16.1 Å². The summed E-state index contributed by atoms with van der Waals surface area (Å²) in [6.45, 7) is 2.49. The van der Waals surface area contributed by atoms with Crippen LogP contribution in [0.25, 0.3) is 11.4 Å². The lowest BCUT2D eigenvalue weighted by molar-refractivity contribution is 0.142. The molecule has 6 nitrogen and oxygen atoms in total. The number of likely N-dealkylation sites (tertiary alicyclic amines) is 1. The maximum absolute atomic E-state index is 13.1. The Balaban J connectivity index is 1.53. The van der Waals surface area contributed by atoms with Crippen LogP contribution in [-0.2, 0) is 0 Å². The summed E-state index contributed by atoms with van der Waals surface area (Å²) in [5.41, 5.74) is 2.23. The van der Waals surface area contributed by atoms with Gasteiger partial charge in [-0.05, 0) is 68.1 Å². The number of urea groups is 1. The van der Waals surface area contributed by atoms with Crippen LogP contribution in [-0.4, -0.2) is 27.6 Å². The fourth-order valence-electron chi connectivity index (χ4n) is 3.38. The van der Waals surface area contributed by atoms with Gasteiger partial charge < -0.3 is 14.7 Å². The average Bonchev–Trinajstić information content (AvgIpc) is 3.21. The van der Waals surface area contributed by atoms with Crippen LogP contribution in [0.3, 0.4) is 0 Å². The number of nitrogens with zero attached hydrogens (tertiary/aromatic N) is 3. The van der Waals surface area contributed by atoms with Gasteiger partial charge in [0.25, 0.3) is 0 Å². The van der Waals surface area contributed by atoms with Crippen LogP contribution in [0.2, 0.25) is 5.02 Å². The molecule has 150 valence electrons. The summed E-state index contributed by atoms with van der Waals surface area (Å²) in [6.07, 6.45) is 2.59. The second-order valence-corrected chi connectivity index (χ2v) is 7.47. The van der Waals surface area contributed by atoms with E-state index >= 15 is 0 Å². The maximum Gasteiger partial charge on any atom is 0.322 e. The highest BCUT2D eigenvalue weighted by molar-refractivity contribution is 6.31. The van der Waals surface area contributed by atoms with E-state index in [1.54, 1.807) is 23.1 Å². The number of carbonyl (C=O) groups excluding carboxylic acids is 1. The van der Waals surface area contributed by atoms with Crippen LogP contribution >= 0.6 is 11.6 Å². The second kappa shape index (κ2) is 8.21. The third kappa shape index (κ3) is 4.24. The number of halogens is 2. The second-order valence-electron chi connectivity index (χ2n) is 7.06. The summed E-state index contributed by atoms with van der Waals surface area (Å²) in [5, 5.41) is 7.50. The van der Waals surface area contributed by atoms with Gasteiger partial charge in [0.2, 0.25) is 11.7 Å². The fraction of sp³-hybridized carbons (Fsp3) is 0.286. The SMILES string of the molecule is Cc1ccc(NC(=O)N2CCCC[C@@H]2c2nc(-c3ccc(F)cc3)no2)cc1Cl. The third-order valence-corrected chi connectivity index (χ3v) is 5.42. The third-order valence-electron chi connectivity index (χ3n) is 5.02. The van der Waals surface area contributed by atoms with E-state index in [1.807, 2.05) is 19.1 Å². The standard InChI is InChI=1S/C21H20ClFN4O2/c1-13-5-10-16(12-17(13)22)24-21(28)27-11-3-2-4-18(27)20-25-19(26-29-20)14-6-8-15(23)9-7-14/h5-10,12,18H,2-4,11H2,1H3,(H,24,28)/t18-/m1/s1. The number of aromatic nitrogens is 2. The highest BCUT2D eigenvalue weighted by Crippen LogP contribution is 2.32. The molecule has 1 fully saturated rings. The molecule has 29 heavy (non-hydrogen) atoms. The largest absolute Gasteiger partial charge is 0.337 e. The molecule has 1 aliphatic rings. The summed E-state index contributed by atoms with van der Waals surface area (Å²) in [7, 11) is 0. The molecule has 0 bridgehead atoms. The zero-order valence-corrected chi connectivity index (χ0v) is 16.6. The molecule has 2 aromatic carbocycles. The number of hydrogen-bond acceptors (Lipinski definition) is 4. The molecule has 2 amide bonds. The highest BCUT2D eigenvalue weighted by Gasteiger charge is 2.32. The highest BCUT2D eigenvalue weighted by atomic mass is 35.5. The van der Waals surface area contributed by atoms with Crippen molar-refractivity contribution in [3.63, 3.8) is 0 Å². The lowest BCUT2D eigenvalue weighted by Gasteiger charge is -2.33. The van der Waals surface area contributed by atoms with Gasteiger partial charge in [-0.2, -0.15) is 4.98 Å². The van der Waals surface area contributed by atoms with Gasteiger partial charge in [0.15, 0.2) is 0 Å². The van der Waals surface area contributed by atoms with E-state index in [1.165, 1.54) is 12.1 Å². The van der Waals surface area contributed by atoms with E-state index in [0.717, 1.165) is 24.8 Å². The summed E-state index contributed by atoms with van der Waals surface area (Å²) in [5.74, 6) is 0.418. The van der Waals surface area contributed by atoms with Crippen molar-refractivity contribution in [2.45, 2.75) is 32.2 Å². The molecule has 0 spiro atoms. The molecule has 2 heterocycles. The summed E-state index contributed by atoms with van der Waals surface area (Å²) >= 11 is 6.16. The minimum Gasteiger partial charge on any atom is -0.337 e. The number of benzene rings is 2. The number of hydrogen-bond donors (Lipinski definition) is 1. The van der Waals surface area contributed by atoms with Crippen molar-refractivity contribution in [3.8, 4) is 11.4 Å². The lowest BCUT2D eigenvalue weighted by Crippen LogP contribution is -2.41. The van der Waals surface area contributed by atoms with Gasteiger partial charge in [-0.25, -0.2) is 9.18 Å². The van der Waals surface area contributed by atoms with Crippen LogP contribution in [0.1, 0.15) is 36.8 Å². The molecule has 8 heteroatoms. The molecule has 0 unspecified atom stereocenters. The smallest absolute Gasteiger partial charge is 0.322 e. The molecule has 1 N–H and O–H groups in total. The van der Waals surface area contributed by atoms with E-state index in [-0.39, 0.29) is 17.9 Å². The van der Waals surface area contributed by atoms with Gasteiger partial charge >= 0.3 is 6.03 Å². The van der Waals surface area contributed by atoms with Crippen molar-refractivity contribution in [3.05, 3.63) is 64.8 Å². The van der Waals surface area contributed by atoms with Crippen molar-refractivity contribution in [2.75, 3.05) is 11.9 Å². The zero-order valence-electron chi connectivity index (χ0n) is 15.9. The molecule has 1 saturated heterocycles. The number of anilines is 1. The number of amides is 2. The molecular formula is C21H20ClFN4O2. The van der Waals surface area contributed by atoms with Crippen LogP contribution in [0.4, 0.5) is 14.9 Å². The zero-order chi connectivity index (χ0) is 20.4. The minimum atomic E-state index is -0.330. The number of piperidine rings is 1. The monoisotopic (exact) mass is 414 g/mol. The molecule has 1 aromatic heterocycles. The number of nitrogens with one attached hydrogen (secondary N) is 1. The summed E-state index contributed by atoms with van der Waals surface area (Å²) in [4.78, 5) is 19.1. The number of rotatable bonds is 3. The normalized spacial score (nSPS) is 16.7. The van der Waals surface area contributed by atoms with Crippen LogP contribution < -0.4 is 5.32 Å². The van der Waals surface area contributed by atoms with Crippen LogP contribution in [0, 0.1) is 12.7 Å². The molecule has 1 atom stereocenters. The lowest BCUT2D eigenvalue weighted by atomic mass is 10.0. The molecule has 0 aliphatic carbocycles. The van der Waals surface area contributed by atoms with Gasteiger partial charge in [-0.1, -0.05) is 22.8 Å². The molecule has 3 aromatic rings. The van der Waals surface area contributed by atoms with Gasteiger partial charge in [-0.3, -0.25) is 0 Å². The molecule has 1 aliphatic heterocycles. The Hall–Kier alpha value is -2.93. The Labute approximate surface area is 172 Å². The predicted octanol–water partition coefficient (Wildman–Crippen LogP) is 5.60. The molecule has 0 saturated carbocycles. The Morgan fingerprint density at radius 3 is 2.79 bits per heavy atom. The number of carbonyl (C=O) groups is 1. The Kier molecular flexibility index (Phi) is 5.49. The van der Waals surface area contributed by atoms with E-state index < -0.39 is 0 Å². The molecular weight excluding hydrogens is 395 g/mol. The average molecular weight is 415 g/mol.